The van der Waals surface area contributed by atoms with Gasteiger partial charge in [-0.2, -0.15) is 5.10 Å². The minimum atomic E-state index is -0.391. The number of nitro benzene ring substituents is 1. The molecule has 1 aromatic carbocycles. The molecule has 0 aromatic heterocycles. The molecule has 5 heteroatoms. The lowest BCUT2D eigenvalue weighted by atomic mass is 10.2. The fourth-order valence-electron chi connectivity index (χ4n) is 1.86. The standard InChI is InChI=1S/C12H15N3O2/c16-15(17)12-6-4-5-11(9-12)10-13-14-7-2-1-3-8-14/h4-6,9-10H,1-3,7-8H2. The Morgan fingerprint density at radius 1 is 1.29 bits per heavy atom. The maximum Gasteiger partial charge on any atom is 0.270 e. The van der Waals surface area contributed by atoms with Gasteiger partial charge in [0.1, 0.15) is 0 Å². The van der Waals surface area contributed by atoms with Gasteiger partial charge in [0.2, 0.25) is 0 Å². The zero-order valence-corrected chi connectivity index (χ0v) is 9.58. The summed E-state index contributed by atoms with van der Waals surface area (Å²) in [6, 6.07) is 6.52. The van der Waals surface area contributed by atoms with E-state index in [0.29, 0.717) is 0 Å². The highest BCUT2D eigenvalue weighted by atomic mass is 16.6. The number of nitrogens with zero attached hydrogens (tertiary/aromatic N) is 3. The van der Waals surface area contributed by atoms with E-state index in [2.05, 4.69) is 5.10 Å². The van der Waals surface area contributed by atoms with E-state index < -0.39 is 4.92 Å². The van der Waals surface area contributed by atoms with Gasteiger partial charge in [-0.15, -0.1) is 0 Å². The SMILES string of the molecule is O=[N+]([O-])c1cccc(C=NN2CCCCC2)c1. The van der Waals surface area contributed by atoms with E-state index in [4.69, 9.17) is 0 Å². The molecule has 2 rings (SSSR count). The maximum absolute atomic E-state index is 10.6. The summed E-state index contributed by atoms with van der Waals surface area (Å²) in [7, 11) is 0. The molecule has 0 N–H and O–H groups in total. The van der Waals surface area contributed by atoms with E-state index in [1.807, 2.05) is 11.1 Å². The summed E-state index contributed by atoms with van der Waals surface area (Å²) >= 11 is 0. The van der Waals surface area contributed by atoms with Gasteiger partial charge in [-0.25, -0.2) is 0 Å². The van der Waals surface area contributed by atoms with E-state index >= 15 is 0 Å². The molecule has 1 aromatic rings. The van der Waals surface area contributed by atoms with E-state index in [9.17, 15) is 10.1 Å². The second kappa shape index (κ2) is 5.43. The lowest BCUT2D eigenvalue weighted by Crippen LogP contribution is -2.24. The Hall–Kier alpha value is -1.91. The molecule has 1 aliphatic heterocycles. The first-order chi connectivity index (χ1) is 8.25. The summed E-state index contributed by atoms with van der Waals surface area (Å²) in [4.78, 5) is 10.2. The van der Waals surface area contributed by atoms with Gasteiger partial charge in [0, 0.05) is 30.8 Å². The molecule has 0 amide bonds. The van der Waals surface area contributed by atoms with Crippen LogP contribution in [-0.4, -0.2) is 29.2 Å². The van der Waals surface area contributed by atoms with Crippen molar-refractivity contribution in [2.45, 2.75) is 19.3 Å². The molecule has 1 heterocycles. The van der Waals surface area contributed by atoms with Crippen LogP contribution >= 0.6 is 0 Å². The lowest BCUT2D eigenvalue weighted by Gasteiger charge is -2.23. The smallest absolute Gasteiger partial charge is 0.270 e. The molecule has 17 heavy (non-hydrogen) atoms. The third kappa shape index (κ3) is 3.27. The third-order valence-electron chi connectivity index (χ3n) is 2.78. The Kier molecular flexibility index (Phi) is 3.69. The number of non-ortho nitro benzene ring substituents is 1. The first-order valence-corrected chi connectivity index (χ1v) is 5.79. The second-order valence-electron chi connectivity index (χ2n) is 4.11. The predicted octanol–water partition coefficient (Wildman–Crippen LogP) is 2.41. The van der Waals surface area contributed by atoms with Gasteiger partial charge in [0.05, 0.1) is 11.1 Å². The van der Waals surface area contributed by atoms with Crippen LogP contribution in [0.5, 0.6) is 0 Å². The largest absolute Gasteiger partial charge is 0.297 e. The molecule has 0 bridgehead atoms. The van der Waals surface area contributed by atoms with Crippen LogP contribution in [0.4, 0.5) is 5.69 Å². The summed E-state index contributed by atoms with van der Waals surface area (Å²) in [6.45, 7) is 1.96. The number of hydrogen-bond donors (Lipinski definition) is 0. The van der Waals surface area contributed by atoms with Crippen molar-refractivity contribution >= 4 is 11.9 Å². The monoisotopic (exact) mass is 233 g/mol. The number of nitro groups is 1. The highest BCUT2D eigenvalue weighted by Gasteiger charge is 2.07. The van der Waals surface area contributed by atoms with Gasteiger partial charge >= 0.3 is 0 Å². The Balaban J connectivity index is 2.04. The number of hydrazone groups is 1. The molecular formula is C12H15N3O2. The lowest BCUT2D eigenvalue weighted by molar-refractivity contribution is -0.384. The van der Waals surface area contributed by atoms with Gasteiger partial charge in [0.15, 0.2) is 0 Å². The molecular weight excluding hydrogens is 218 g/mol. The summed E-state index contributed by atoms with van der Waals surface area (Å²) in [5.74, 6) is 0. The van der Waals surface area contributed by atoms with Crippen LogP contribution in [0.2, 0.25) is 0 Å². The van der Waals surface area contributed by atoms with Gasteiger partial charge in [-0.05, 0) is 19.3 Å². The van der Waals surface area contributed by atoms with E-state index in [-0.39, 0.29) is 5.69 Å². The van der Waals surface area contributed by atoms with Crippen LogP contribution in [0.1, 0.15) is 24.8 Å². The number of benzene rings is 1. The molecule has 0 spiro atoms. The van der Waals surface area contributed by atoms with Crippen LogP contribution in [-0.2, 0) is 0 Å². The van der Waals surface area contributed by atoms with Crippen molar-refractivity contribution in [2.24, 2.45) is 5.10 Å². The summed E-state index contributed by atoms with van der Waals surface area (Å²) < 4.78 is 0. The van der Waals surface area contributed by atoms with Crippen molar-refractivity contribution in [2.75, 3.05) is 13.1 Å². The molecule has 0 atom stereocenters. The zero-order chi connectivity index (χ0) is 12.1. The van der Waals surface area contributed by atoms with Crippen molar-refractivity contribution < 1.29 is 4.92 Å². The van der Waals surface area contributed by atoms with Gasteiger partial charge in [-0.1, -0.05) is 12.1 Å². The molecule has 0 unspecified atom stereocenters. The molecule has 0 radical (unpaired) electrons. The first-order valence-electron chi connectivity index (χ1n) is 5.79. The first kappa shape index (κ1) is 11.6. The Morgan fingerprint density at radius 3 is 2.76 bits per heavy atom. The van der Waals surface area contributed by atoms with Crippen molar-refractivity contribution in [3.05, 3.63) is 39.9 Å². The fourth-order valence-corrected chi connectivity index (χ4v) is 1.86. The van der Waals surface area contributed by atoms with Crippen LogP contribution < -0.4 is 0 Å². The fraction of sp³-hybridized carbons (Fsp3) is 0.417. The van der Waals surface area contributed by atoms with Crippen LogP contribution in [0.25, 0.3) is 0 Å². The number of rotatable bonds is 3. The van der Waals surface area contributed by atoms with Crippen LogP contribution in [0, 0.1) is 10.1 Å². The second-order valence-corrected chi connectivity index (χ2v) is 4.11. The van der Waals surface area contributed by atoms with Gasteiger partial charge in [-0.3, -0.25) is 15.1 Å². The quantitative estimate of drug-likeness (QED) is 0.457. The van der Waals surface area contributed by atoms with E-state index in [1.165, 1.54) is 31.4 Å². The molecule has 1 fully saturated rings. The average molecular weight is 233 g/mol. The molecule has 90 valence electrons. The van der Waals surface area contributed by atoms with Gasteiger partial charge in [0.25, 0.3) is 5.69 Å². The van der Waals surface area contributed by atoms with Gasteiger partial charge < -0.3 is 0 Å². The summed E-state index contributed by atoms with van der Waals surface area (Å²) in [5.41, 5.74) is 0.873. The zero-order valence-electron chi connectivity index (χ0n) is 9.58. The highest BCUT2D eigenvalue weighted by Crippen LogP contribution is 2.12. The molecule has 1 aliphatic rings. The third-order valence-corrected chi connectivity index (χ3v) is 2.78. The molecule has 1 saturated heterocycles. The molecule has 0 aliphatic carbocycles. The molecule has 0 saturated carbocycles. The predicted molar refractivity (Wildman–Crippen MR) is 66.1 cm³/mol. The van der Waals surface area contributed by atoms with Crippen molar-refractivity contribution in [3.63, 3.8) is 0 Å². The van der Waals surface area contributed by atoms with Crippen molar-refractivity contribution in [1.29, 1.82) is 0 Å². The summed E-state index contributed by atoms with van der Waals surface area (Å²) in [5, 5.41) is 17.0. The Bertz CT molecular complexity index is 426. The van der Waals surface area contributed by atoms with Crippen molar-refractivity contribution in [3.8, 4) is 0 Å². The minimum absolute atomic E-state index is 0.104. The molecule has 5 nitrogen and oxygen atoms in total. The number of piperidine rings is 1. The Morgan fingerprint density at radius 2 is 2.06 bits per heavy atom. The topological polar surface area (TPSA) is 58.7 Å². The Labute approximate surface area is 99.9 Å². The number of hydrogen-bond acceptors (Lipinski definition) is 4. The van der Waals surface area contributed by atoms with Crippen molar-refractivity contribution in [1.82, 2.24) is 5.01 Å². The normalized spacial score (nSPS) is 16.4. The average Bonchev–Trinajstić information content (AvgIpc) is 2.38. The highest BCUT2D eigenvalue weighted by molar-refractivity contribution is 5.80. The van der Waals surface area contributed by atoms with Crippen LogP contribution in [0.15, 0.2) is 29.4 Å². The van der Waals surface area contributed by atoms with E-state index in [1.54, 1.807) is 12.3 Å². The summed E-state index contributed by atoms with van der Waals surface area (Å²) in [6.07, 6.45) is 5.31. The van der Waals surface area contributed by atoms with E-state index in [0.717, 1.165) is 18.7 Å². The maximum atomic E-state index is 10.6. The minimum Gasteiger partial charge on any atom is -0.297 e. The van der Waals surface area contributed by atoms with Crippen LogP contribution in [0.3, 0.4) is 0 Å².